The summed E-state index contributed by atoms with van der Waals surface area (Å²) in [7, 11) is 1.32. The number of methoxy groups -OCH3 is 1. The number of rotatable bonds is 12. The Morgan fingerprint density at radius 3 is 1.27 bits per heavy atom. The molecule has 14 rings (SSSR count). The van der Waals surface area contributed by atoms with Crippen LogP contribution in [0.3, 0.4) is 0 Å². The van der Waals surface area contributed by atoms with Gasteiger partial charge in [0.05, 0.1) is 65.4 Å². The van der Waals surface area contributed by atoms with Crippen molar-refractivity contribution in [2.75, 3.05) is 7.11 Å². The van der Waals surface area contributed by atoms with Crippen LogP contribution in [0.4, 0.5) is 43.9 Å². The van der Waals surface area contributed by atoms with Crippen LogP contribution in [0.2, 0.25) is 0 Å². The Balaban J connectivity index is 0.000000133. The number of aryl methyl sites for hydroxylation is 1. The van der Waals surface area contributed by atoms with Crippen LogP contribution in [-0.2, 0) is 37.8 Å². The Morgan fingerprint density at radius 1 is 0.478 bits per heavy atom. The largest absolute Gasteiger partial charge is 0.493 e. The molecule has 480 valence electrons. The SMILES string of the molecule is COc1c(F)cccc1C(=O)N1C2CCC1C(Cc1ncc(C(F)(F)F)cn1)C2.Cc1ccc(-n2nccn2)c(C(=O)N2C3CCC2C(Cc2ncc(C(F)(F)F)cn2)C3)n1.O=C(c1ccccc1-n1nccn1)N1C2CCC1C(Cc1ncc(C(F)(F)F)cn1)C2. The van der Waals surface area contributed by atoms with Crippen LogP contribution in [0, 0.1) is 30.5 Å². The predicted octanol–water partition coefficient (Wildman–Crippen LogP) is 10.2. The van der Waals surface area contributed by atoms with Gasteiger partial charge in [0.15, 0.2) is 17.3 Å². The van der Waals surface area contributed by atoms with Gasteiger partial charge < -0.3 is 19.4 Å². The molecule has 92 heavy (non-hydrogen) atoms. The van der Waals surface area contributed by atoms with Gasteiger partial charge in [0.25, 0.3) is 17.7 Å². The zero-order valence-corrected chi connectivity index (χ0v) is 49.2. The Bertz CT molecular complexity index is 3940. The van der Waals surface area contributed by atoms with Crippen molar-refractivity contribution in [2.24, 2.45) is 17.8 Å². The molecule has 3 amide bonds. The number of alkyl halides is 9. The summed E-state index contributed by atoms with van der Waals surface area (Å²) in [6.07, 6.45) is 6.36. The highest BCUT2D eigenvalue weighted by Crippen LogP contribution is 2.47. The van der Waals surface area contributed by atoms with E-state index in [0.29, 0.717) is 65.1 Å². The molecule has 12 heterocycles. The lowest BCUT2D eigenvalue weighted by Crippen LogP contribution is -2.38. The minimum absolute atomic E-state index is 0.0138. The van der Waals surface area contributed by atoms with Crippen LogP contribution >= 0.6 is 0 Å². The molecule has 0 radical (unpaired) electrons. The van der Waals surface area contributed by atoms with Crippen molar-refractivity contribution >= 4 is 17.7 Å². The fourth-order valence-corrected chi connectivity index (χ4v) is 14.1. The first kappa shape index (κ1) is 62.8. The summed E-state index contributed by atoms with van der Waals surface area (Å²) in [5, 5.41) is 16.6. The van der Waals surface area contributed by atoms with E-state index < -0.39 is 41.0 Å². The fraction of sp³-hybridized carbons (Fsp3) is 0.419. The van der Waals surface area contributed by atoms with E-state index in [4.69, 9.17) is 4.74 Å². The first-order valence-electron chi connectivity index (χ1n) is 29.8. The summed E-state index contributed by atoms with van der Waals surface area (Å²) >= 11 is 0. The fourth-order valence-electron chi connectivity index (χ4n) is 14.1. The van der Waals surface area contributed by atoms with Crippen LogP contribution < -0.4 is 4.74 Å². The average Bonchev–Trinajstić information content (AvgIpc) is 1.62. The maximum atomic E-state index is 14.0. The molecule has 6 saturated heterocycles. The van der Waals surface area contributed by atoms with Crippen molar-refractivity contribution in [1.29, 1.82) is 0 Å². The van der Waals surface area contributed by atoms with Gasteiger partial charge in [-0.2, -0.15) is 64.7 Å². The molecule has 0 spiro atoms. The molecule has 6 fully saturated rings. The summed E-state index contributed by atoms with van der Waals surface area (Å²) in [6.45, 7) is 1.82. The first-order valence-corrected chi connectivity index (χ1v) is 29.8. The molecule has 0 aliphatic carbocycles. The second kappa shape index (κ2) is 25.4. The Morgan fingerprint density at radius 2 is 0.859 bits per heavy atom. The zero-order valence-electron chi connectivity index (χ0n) is 49.2. The molecule has 6 aliphatic heterocycles. The molecule has 20 nitrogen and oxygen atoms in total. The number of pyridine rings is 1. The predicted molar refractivity (Wildman–Crippen MR) is 304 cm³/mol. The number of halogens is 10. The quantitative estimate of drug-likeness (QED) is 0.104. The normalized spacial score (nSPS) is 22.9. The van der Waals surface area contributed by atoms with E-state index in [2.05, 4.69) is 55.3 Å². The van der Waals surface area contributed by atoms with Crippen LogP contribution in [0.1, 0.15) is 129 Å². The van der Waals surface area contributed by atoms with Gasteiger partial charge in [0.2, 0.25) is 0 Å². The van der Waals surface area contributed by atoms with Crippen molar-refractivity contribution in [3.63, 3.8) is 0 Å². The molecule has 9 atom stereocenters. The van der Waals surface area contributed by atoms with Gasteiger partial charge in [0, 0.05) is 98.4 Å². The van der Waals surface area contributed by atoms with Crippen molar-refractivity contribution in [3.05, 3.63) is 179 Å². The van der Waals surface area contributed by atoms with Gasteiger partial charge in [-0.3, -0.25) is 14.4 Å². The highest BCUT2D eigenvalue weighted by atomic mass is 19.4. The maximum absolute atomic E-state index is 14.0. The van der Waals surface area contributed by atoms with Crippen LogP contribution in [0.5, 0.6) is 5.75 Å². The minimum Gasteiger partial charge on any atom is -0.493 e. The summed E-state index contributed by atoms with van der Waals surface area (Å²) in [5.41, 5.74) is 0.240. The van der Waals surface area contributed by atoms with Crippen LogP contribution in [0.25, 0.3) is 11.4 Å². The number of carbonyl (C=O) groups excluding carboxylic acids is 3. The standard InChI is InChI=1S/C21H20F3N7O.C21H19F3N6O.C20H19F4N3O2/c1-12-2-4-17(31-27-6-7-28-31)19(29-12)20(32)30-15-3-5-16(30)13(8-15)9-18-25-10-14(11-26-18)21(22,23)24;22-21(23,24)14-11-25-19(26-12-14)10-13-9-15-5-6-17(13)29(15)20(31)16-3-1-2-4-18(16)30-27-7-8-28-30;1-29-18-14(3-2-4-15(18)21)19(28)27-13-5-6-16(27)11(7-13)8-17-25-9-12(10-26-17)20(22,23)24/h2,4,6-7,10-11,13,15-16H,3,5,8-9H2,1H3;1-4,7-8,11-13,15,17H,5-6,9-10H2;2-4,9-11,13,16H,5-8H2,1H3. The second-order valence-electron chi connectivity index (χ2n) is 23.6. The molecule has 0 N–H and O–H groups in total. The van der Waals surface area contributed by atoms with Gasteiger partial charge in [-0.1, -0.05) is 18.2 Å². The molecular weight excluding hydrogens is 1220 g/mol. The summed E-state index contributed by atoms with van der Waals surface area (Å²) in [5.74, 6) is 0.105. The minimum atomic E-state index is -4.47. The number of aromatic nitrogens is 13. The molecule has 9 unspecified atom stereocenters. The Labute approximate surface area is 518 Å². The van der Waals surface area contributed by atoms with Crippen molar-refractivity contribution in [3.8, 4) is 17.1 Å². The van der Waals surface area contributed by atoms with Gasteiger partial charge in [-0.05, 0) is 119 Å². The lowest BCUT2D eigenvalue weighted by Gasteiger charge is -2.25. The monoisotopic (exact) mass is 1280 g/mol. The summed E-state index contributed by atoms with van der Waals surface area (Å²) in [6, 6.07) is 15.1. The van der Waals surface area contributed by atoms with Crippen molar-refractivity contribution in [2.45, 2.75) is 139 Å². The van der Waals surface area contributed by atoms with Crippen molar-refractivity contribution < 1.29 is 63.0 Å². The number of amides is 3. The third-order valence-electron chi connectivity index (χ3n) is 18.2. The molecule has 2 aromatic carbocycles. The molecule has 30 heteroatoms. The van der Waals surface area contributed by atoms with Crippen LogP contribution in [-0.4, -0.2) is 141 Å². The van der Waals surface area contributed by atoms with E-state index >= 15 is 0 Å². The molecule has 6 aliphatic rings. The Kier molecular flexibility index (Phi) is 17.3. The Hall–Kier alpha value is -9.38. The van der Waals surface area contributed by atoms with Gasteiger partial charge in [0.1, 0.15) is 23.2 Å². The number of carbonyl (C=O) groups is 3. The number of benzene rings is 2. The molecule has 6 aromatic heterocycles. The summed E-state index contributed by atoms with van der Waals surface area (Å²) in [4.78, 5) is 76.4. The number of fused-ring (bicyclic) bond motifs is 6. The number of hydrogen-bond donors (Lipinski definition) is 0. The smallest absolute Gasteiger partial charge is 0.419 e. The van der Waals surface area contributed by atoms with E-state index in [1.165, 1.54) is 47.3 Å². The molecule has 8 aromatic rings. The van der Waals surface area contributed by atoms with Gasteiger partial charge in [-0.25, -0.2) is 39.3 Å². The number of ether oxygens (including phenoxy) is 1. The lowest BCUT2D eigenvalue weighted by molar-refractivity contribution is -0.139. The van der Waals surface area contributed by atoms with E-state index in [9.17, 15) is 58.3 Å². The van der Waals surface area contributed by atoms with E-state index in [0.717, 1.165) is 95.0 Å². The lowest BCUT2D eigenvalue weighted by atomic mass is 9.86. The maximum Gasteiger partial charge on any atom is 0.419 e. The zero-order chi connectivity index (χ0) is 64.8. The second-order valence-corrected chi connectivity index (χ2v) is 23.6. The average molecular weight is 1280 g/mol. The van der Waals surface area contributed by atoms with E-state index in [1.54, 1.807) is 41.6 Å². The first-order chi connectivity index (χ1) is 44.0. The molecular formula is C62H58F10N16O4. The third-order valence-corrected chi connectivity index (χ3v) is 18.2. The van der Waals surface area contributed by atoms with Gasteiger partial charge in [-0.15, -0.1) is 4.80 Å². The van der Waals surface area contributed by atoms with Gasteiger partial charge >= 0.3 is 18.5 Å². The number of hydrogen-bond acceptors (Lipinski definition) is 15. The van der Waals surface area contributed by atoms with E-state index in [1.807, 2.05) is 28.9 Å². The number of para-hydroxylation sites is 2. The topological polar surface area (TPSA) is 222 Å². The molecule has 6 bridgehead atoms. The summed E-state index contributed by atoms with van der Waals surface area (Å²) < 4.78 is 134. The molecule has 0 saturated carbocycles. The number of nitrogens with zero attached hydrogens (tertiary/aromatic N) is 16. The van der Waals surface area contributed by atoms with Crippen LogP contribution in [0.15, 0.2) is 117 Å². The highest BCUT2D eigenvalue weighted by molar-refractivity contribution is 5.99. The highest BCUT2D eigenvalue weighted by Gasteiger charge is 2.52. The van der Waals surface area contributed by atoms with Crippen molar-refractivity contribution in [1.82, 2.24) is 79.6 Å². The van der Waals surface area contributed by atoms with E-state index in [-0.39, 0.29) is 83.0 Å². The third kappa shape index (κ3) is 12.8.